The van der Waals surface area contributed by atoms with E-state index in [1.165, 1.54) is 0 Å². The first-order valence-corrected chi connectivity index (χ1v) is 6.61. The zero-order chi connectivity index (χ0) is 13.7. The second-order valence-corrected chi connectivity index (χ2v) is 4.66. The molecule has 104 valence electrons. The Morgan fingerprint density at radius 1 is 1.37 bits per heavy atom. The lowest BCUT2D eigenvalue weighted by atomic mass is 10.0. The first-order chi connectivity index (χ1) is 9.24. The highest BCUT2D eigenvalue weighted by molar-refractivity contribution is 5.99. The molecule has 4 nitrogen and oxygen atoms in total. The maximum Gasteiger partial charge on any atom is 0.166 e. The molecule has 1 aromatic carbocycles. The quantitative estimate of drug-likeness (QED) is 0.741. The Morgan fingerprint density at radius 3 is 2.84 bits per heavy atom. The van der Waals surface area contributed by atoms with Crippen molar-refractivity contribution >= 4 is 5.78 Å². The summed E-state index contributed by atoms with van der Waals surface area (Å²) in [5.41, 5.74) is 0.583. The number of rotatable bonds is 6. The molecular formula is C15H20O4. The van der Waals surface area contributed by atoms with Gasteiger partial charge in [0.1, 0.15) is 11.5 Å². The van der Waals surface area contributed by atoms with Gasteiger partial charge in [0.15, 0.2) is 5.78 Å². The van der Waals surface area contributed by atoms with E-state index in [4.69, 9.17) is 14.2 Å². The van der Waals surface area contributed by atoms with Crippen LogP contribution in [0.5, 0.6) is 11.5 Å². The Kier molecular flexibility index (Phi) is 4.80. The van der Waals surface area contributed by atoms with Crippen LogP contribution in [0.25, 0.3) is 0 Å². The third kappa shape index (κ3) is 3.47. The molecule has 1 saturated heterocycles. The second kappa shape index (κ2) is 6.57. The standard InChI is InChI=1S/C15H20O4/c1-17-12-6-8-15(18-2)13(10-12)14(16)7-5-11-4-3-9-19-11/h6,8,10-11H,3-5,7,9H2,1-2H3. The molecule has 0 aliphatic carbocycles. The van der Waals surface area contributed by atoms with Crippen LogP contribution in [0, 0.1) is 0 Å². The molecule has 0 N–H and O–H groups in total. The van der Waals surface area contributed by atoms with E-state index in [-0.39, 0.29) is 11.9 Å². The van der Waals surface area contributed by atoms with Crippen LogP contribution in [0.15, 0.2) is 18.2 Å². The van der Waals surface area contributed by atoms with Gasteiger partial charge in [-0.05, 0) is 37.5 Å². The van der Waals surface area contributed by atoms with Gasteiger partial charge in [-0.25, -0.2) is 0 Å². The van der Waals surface area contributed by atoms with E-state index in [1.807, 2.05) is 0 Å². The van der Waals surface area contributed by atoms with Crippen molar-refractivity contribution in [3.63, 3.8) is 0 Å². The second-order valence-electron chi connectivity index (χ2n) is 4.66. The van der Waals surface area contributed by atoms with Gasteiger partial charge in [-0.3, -0.25) is 4.79 Å². The van der Waals surface area contributed by atoms with Crippen LogP contribution in [0.3, 0.4) is 0 Å². The minimum atomic E-state index is 0.0752. The highest BCUT2D eigenvalue weighted by Crippen LogP contribution is 2.26. The summed E-state index contributed by atoms with van der Waals surface area (Å²) >= 11 is 0. The Labute approximate surface area is 113 Å². The summed E-state index contributed by atoms with van der Waals surface area (Å²) in [4.78, 5) is 12.3. The summed E-state index contributed by atoms with van der Waals surface area (Å²) in [6.07, 6.45) is 3.65. The van der Waals surface area contributed by atoms with E-state index in [0.717, 1.165) is 25.9 Å². The van der Waals surface area contributed by atoms with Gasteiger partial charge in [-0.1, -0.05) is 0 Å². The highest BCUT2D eigenvalue weighted by Gasteiger charge is 2.19. The van der Waals surface area contributed by atoms with Gasteiger partial charge < -0.3 is 14.2 Å². The lowest BCUT2D eigenvalue weighted by Crippen LogP contribution is -2.09. The summed E-state index contributed by atoms with van der Waals surface area (Å²) in [5.74, 6) is 1.34. The van der Waals surface area contributed by atoms with Crippen LogP contribution < -0.4 is 9.47 Å². The fraction of sp³-hybridized carbons (Fsp3) is 0.533. The van der Waals surface area contributed by atoms with Crippen molar-refractivity contribution in [2.45, 2.75) is 31.8 Å². The predicted octanol–water partition coefficient (Wildman–Crippen LogP) is 2.85. The van der Waals surface area contributed by atoms with Crippen LogP contribution in [-0.4, -0.2) is 32.7 Å². The fourth-order valence-electron chi connectivity index (χ4n) is 2.33. The van der Waals surface area contributed by atoms with Crippen molar-refractivity contribution in [3.8, 4) is 11.5 Å². The predicted molar refractivity (Wildman–Crippen MR) is 72.1 cm³/mol. The third-order valence-electron chi connectivity index (χ3n) is 3.42. The van der Waals surface area contributed by atoms with E-state index >= 15 is 0 Å². The van der Waals surface area contributed by atoms with Crippen molar-refractivity contribution in [2.75, 3.05) is 20.8 Å². The number of carbonyl (C=O) groups is 1. The zero-order valence-electron chi connectivity index (χ0n) is 11.5. The molecule has 1 atom stereocenters. The third-order valence-corrected chi connectivity index (χ3v) is 3.42. The molecule has 1 aromatic rings. The molecule has 0 saturated carbocycles. The largest absolute Gasteiger partial charge is 0.497 e. The summed E-state index contributed by atoms with van der Waals surface area (Å²) < 4.78 is 15.9. The average Bonchev–Trinajstić information content (AvgIpc) is 2.97. The molecule has 19 heavy (non-hydrogen) atoms. The van der Waals surface area contributed by atoms with Crippen LogP contribution in [0.1, 0.15) is 36.0 Å². The first-order valence-electron chi connectivity index (χ1n) is 6.61. The molecule has 0 aromatic heterocycles. The molecule has 2 rings (SSSR count). The van der Waals surface area contributed by atoms with Gasteiger partial charge in [0, 0.05) is 13.0 Å². The molecule has 0 amide bonds. The molecular weight excluding hydrogens is 244 g/mol. The topological polar surface area (TPSA) is 44.8 Å². The minimum Gasteiger partial charge on any atom is -0.497 e. The molecule has 0 radical (unpaired) electrons. The van der Waals surface area contributed by atoms with Gasteiger partial charge in [-0.2, -0.15) is 0 Å². The van der Waals surface area contributed by atoms with Crippen molar-refractivity contribution in [2.24, 2.45) is 0 Å². The van der Waals surface area contributed by atoms with Gasteiger partial charge in [-0.15, -0.1) is 0 Å². The van der Waals surface area contributed by atoms with Gasteiger partial charge >= 0.3 is 0 Å². The Bertz CT molecular complexity index is 436. The van der Waals surface area contributed by atoms with E-state index in [9.17, 15) is 4.79 Å². The van der Waals surface area contributed by atoms with Crippen molar-refractivity contribution in [3.05, 3.63) is 23.8 Å². The Balaban J connectivity index is 2.03. The van der Waals surface area contributed by atoms with Crippen LogP contribution in [0.2, 0.25) is 0 Å². The molecule has 1 aliphatic rings. The Morgan fingerprint density at radius 2 is 2.21 bits per heavy atom. The highest BCUT2D eigenvalue weighted by atomic mass is 16.5. The lowest BCUT2D eigenvalue weighted by Gasteiger charge is -2.11. The number of hydrogen-bond donors (Lipinski definition) is 0. The molecule has 0 spiro atoms. The summed E-state index contributed by atoms with van der Waals surface area (Å²) in [6.45, 7) is 0.821. The number of methoxy groups -OCH3 is 2. The zero-order valence-corrected chi connectivity index (χ0v) is 11.5. The van der Waals surface area contributed by atoms with Gasteiger partial charge in [0.05, 0.1) is 25.9 Å². The van der Waals surface area contributed by atoms with Crippen molar-refractivity contribution < 1.29 is 19.0 Å². The first kappa shape index (κ1) is 13.9. The molecule has 1 unspecified atom stereocenters. The molecule has 1 aliphatic heterocycles. The average molecular weight is 264 g/mol. The normalized spacial score (nSPS) is 18.3. The summed E-state index contributed by atoms with van der Waals surface area (Å²) in [6, 6.07) is 5.28. The molecule has 4 heteroatoms. The van der Waals surface area contributed by atoms with Crippen molar-refractivity contribution in [1.82, 2.24) is 0 Å². The fourth-order valence-corrected chi connectivity index (χ4v) is 2.33. The number of hydrogen-bond acceptors (Lipinski definition) is 4. The van der Waals surface area contributed by atoms with Crippen LogP contribution in [0.4, 0.5) is 0 Å². The van der Waals surface area contributed by atoms with Crippen LogP contribution in [-0.2, 0) is 4.74 Å². The van der Waals surface area contributed by atoms with Gasteiger partial charge in [0.2, 0.25) is 0 Å². The SMILES string of the molecule is COc1ccc(OC)c(C(=O)CCC2CCCO2)c1. The van der Waals surface area contributed by atoms with Gasteiger partial charge in [0.25, 0.3) is 0 Å². The lowest BCUT2D eigenvalue weighted by molar-refractivity contribution is 0.0857. The smallest absolute Gasteiger partial charge is 0.166 e. The monoisotopic (exact) mass is 264 g/mol. The number of benzene rings is 1. The van der Waals surface area contributed by atoms with E-state index in [1.54, 1.807) is 32.4 Å². The number of ketones is 1. The molecule has 1 fully saturated rings. The molecule has 1 heterocycles. The summed E-state index contributed by atoms with van der Waals surface area (Å²) in [7, 11) is 3.15. The Hall–Kier alpha value is -1.55. The minimum absolute atomic E-state index is 0.0752. The van der Waals surface area contributed by atoms with Crippen LogP contribution >= 0.6 is 0 Å². The maximum atomic E-state index is 12.3. The number of ether oxygens (including phenoxy) is 3. The van der Waals surface area contributed by atoms with E-state index in [2.05, 4.69) is 0 Å². The van der Waals surface area contributed by atoms with E-state index < -0.39 is 0 Å². The number of carbonyl (C=O) groups excluding carboxylic acids is 1. The number of Topliss-reactive ketones (excluding diaryl/α,β-unsaturated/α-hetero) is 1. The maximum absolute atomic E-state index is 12.3. The summed E-state index contributed by atoms with van der Waals surface area (Å²) in [5, 5.41) is 0. The molecule has 0 bridgehead atoms. The van der Waals surface area contributed by atoms with Crippen molar-refractivity contribution in [1.29, 1.82) is 0 Å². The van der Waals surface area contributed by atoms with E-state index in [0.29, 0.717) is 23.5 Å².